The van der Waals surface area contributed by atoms with E-state index < -0.39 is 0 Å². The maximum absolute atomic E-state index is 8.82. The summed E-state index contributed by atoms with van der Waals surface area (Å²) in [5, 5.41) is 13.3. The van der Waals surface area contributed by atoms with Crippen molar-refractivity contribution in [2.75, 3.05) is 6.61 Å². The molecule has 0 aromatic heterocycles. The molecular weight excluding hydrogens is 245 g/mol. The zero-order chi connectivity index (χ0) is 12.1. The Bertz CT molecular complexity index is 344. The highest BCUT2D eigenvalue weighted by atomic mass is 35.5. The molecular formula is C12H17Cl2NO. The van der Waals surface area contributed by atoms with Crippen molar-refractivity contribution >= 4 is 23.2 Å². The summed E-state index contributed by atoms with van der Waals surface area (Å²) in [6.45, 7) is 4.31. The highest BCUT2D eigenvalue weighted by molar-refractivity contribution is 6.42. The molecule has 0 fully saturated rings. The Labute approximate surface area is 107 Å². The minimum Gasteiger partial charge on any atom is -0.396 e. The monoisotopic (exact) mass is 261 g/mol. The Morgan fingerprint density at radius 1 is 1.25 bits per heavy atom. The summed E-state index contributed by atoms with van der Waals surface area (Å²) in [6, 6.07) is 6.09. The number of halogens is 2. The molecule has 16 heavy (non-hydrogen) atoms. The van der Waals surface area contributed by atoms with Crippen molar-refractivity contribution in [3.8, 4) is 0 Å². The number of benzene rings is 1. The van der Waals surface area contributed by atoms with Crippen LogP contribution in [0.3, 0.4) is 0 Å². The van der Waals surface area contributed by atoms with Crippen LogP contribution in [0.4, 0.5) is 0 Å². The van der Waals surface area contributed by atoms with Crippen LogP contribution in [0.1, 0.15) is 31.9 Å². The zero-order valence-electron chi connectivity index (χ0n) is 9.50. The van der Waals surface area contributed by atoms with Gasteiger partial charge in [-0.15, -0.1) is 0 Å². The lowest BCUT2D eigenvalue weighted by Gasteiger charge is -2.20. The molecule has 0 saturated heterocycles. The molecule has 1 rings (SSSR count). The lowest BCUT2D eigenvalue weighted by molar-refractivity contribution is 0.264. The second-order valence-corrected chi connectivity index (χ2v) is 4.79. The minimum absolute atomic E-state index is 0.191. The first-order valence-electron chi connectivity index (χ1n) is 5.36. The van der Waals surface area contributed by atoms with Gasteiger partial charge >= 0.3 is 0 Å². The predicted molar refractivity (Wildman–Crippen MR) is 69.2 cm³/mol. The maximum atomic E-state index is 8.82. The summed E-state index contributed by atoms with van der Waals surface area (Å²) in [7, 11) is 0. The molecule has 0 amide bonds. The van der Waals surface area contributed by atoms with Gasteiger partial charge in [-0.1, -0.05) is 29.3 Å². The largest absolute Gasteiger partial charge is 0.396 e. The van der Waals surface area contributed by atoms with Gasteiger partial charge in [-0.05, 0) is 38.0 Å². The predicted octanol–water partition coefficient (Wildman–Crippen LogP) is 3.41. The molecule has 2 nitrogen and oxygen atoms in total. The van der Waals surface area contributed by atoms with Crippen molar-refractivity contribution in [3.05, 3.63) is 33.8 Å². The van der Waals surface area contributed by atoms with Crippen LogP contribution in [-0.4, -0.2) is 17.8 Å². The van der Waals surface area contributed by atoms with Crippen molar-refractivity contribution in [2.24, 2.45) is 0 Å². The molecule has 1 unspecified atom stereocenters. The van der Waals surface area contributed by atoms with Crippen LogP contribution in [-0.2, 0) is 0 Å². The number of aliphatic hydroxyl groups is 1. The van der Waals surface area contributed by atoms with Gasteiger partial charge in [-0.2, -0.15) is 0 Å². The summed E-state index contributed by atoms with van der Waals surface area (Å²) in [4.78, 5) is 0. The topological polar surface area (TPSA) is 32.3 Å². The first-order chi connectivity index (χ1) is 7.54. The molecule has 0 radical (unpaired) electrons. The molecule has 1 aromatic carbocycles. The number of hydrogen-bond donors (Lipinski definition) is 2. The Kier molecular flexibility index (Phi) is 5.56. The Morgan fingerprint density at radius 2 is 1.94 bits per heavy atom. The summed E-state index contributed by atoms with van der Waals surface area (Å²) < 4.78 is 0. The van der Waals surface area contributed by atoms with Crippen LogP contribution in [0, 0.1) is 0 Å². The molecule has 0 saturated carbocycles. The summed E-state index contributed by atoms with van der Waals surface area (Å²) in [6.07, 6.45) is 0.742. The fraction of sp³-hybridized carbons (Fsp3) is 0.500. The van der Waals surface area contributed by atoms with Crippen LogP contribution < -0.4 is 5.32 Å². The minimum atomic E-state index is 0.191. The van der Waals surface area contributed by atoms with E-state index >= 15 is 0 Å². The van der Waals surface area contributed by atoms with Crippen molar-refractivity contribution in [2.45, 2.75) is 32.4 Å². The second-order valence-electron chi connectivity index (χ2n) is 3.98. The van der Waals surface area contributed by atoms with E-state index in [0.29, 0.717) is 10.0 Å². The van der Waals surface area contributed by atoms with Gasteiger partial charge in [0.15, 0.2) is 0 Å². The molecule has 90 valence electrons. The van der Waals surface area contributed by atoms with Gasteiger partial charge in [0.2, 0.25) is 0 Å². The molecule has 0 aliphatic rings. The van der Waals surface area contributed by atoms with Gasteiger partial charge in [-0.25, -0.2) is 0 Å². The molecule has 0 aliphatic carbocycles. The third kappa shape index (κ3) is 3.95. The summed E-state index contributed by atoms with van der Waals surface area (Å²) in [5.74, 6) is 0. The lowest BCUT2D eigenvalue weighted by Crippen LogP contribution is -2.29. The molecule has 0 heterocycles. The van der Waals surface area contributed by atoms with Gasteiger partial charge in [0.1, 0.15) is 0 Å². The van der Waals surface area contributed by atoms with Gasteiger partial charge in [0.25, 0.3) is 0 Å². The average molecular weight is 262 g/mol. The van der Waals surface area contributed by atoms with Gasteiger partial charge < -0.3 is 10.4 Å². The van der Waals surface area contributed by atoms with Crippen LogP contribution in [0.2, 0.25) is 10.0 Å². The van der Waals surface area contributed by atoms with Crippen LogP contribution in [0.15, 0.2) is 18.2 Å². The van der Waals surface area contributed by atoms with Crippen LogP contribution in [0.25, 0.3) is 0 Å². The normalized spacial score (nSPS) is 14.8. The van der Waals surface area contributed by atoms with E-state index in [2.05, 4.69) is 12.2 Å². The zero-order valence-corrected chi connectivity index (χ0v) is 11.0. The highest BCUT2D eigenvalue weighted by Gasteiger charge is 2.10. The lowest BCUT2D eigenvalue weighted by atomic mass is 10.1. The smallest absolute Gasteiger partial charge is 0.0595 e. The van der Waals surface area contributed by atoms with Gasteiger partial charge in [-0.3, -0.25) is 0 Å². The van der Waals surface area contributed by atoms with E-state index in [1.807, 2.05) is 19.1 Å². The van der Waals surface area contributed by atoms with E-state index in [1.54, 1.807) is 6.07 Å². The Hall–Kier alpha value is -0.280. The summed E-state index contributed by atoms with van der Waals surface area (Å²) in [5.41, 5.74) is 1.10. The number of nitrogens with one attached hydrogen (secondary N) is 1. The fourth-order valence-electron chi connectivity index (χ4n) is 1.58. The Morgan fingerprint density at radius 3 is 2.50 bits per heavy atom. The van der Waals surface area contributed by atoms with Crippen molar-refractivity contribution < 1.29 is 5.11 Å². The fourth-order valence-corrected chi connectivity index (χ4v) is 1.89. The first kappa shape index (κ1) is 13.8. The van der Waals surface area contributed by atoms with E-state index in [-0.39, 0.29) is 18.7 Å². The number of hydrogen-bond acceptors (Lipinski definition) is 2. The van der Waals surface area contributed by atoms with Crippen molar-refractivity contribution in [1.82, 2.24) is 5.32 Å². The van der Waals surface area contributed by atoms with E-state index in [9.17, 15) is 0 Å². The molecule has 0 bridgehead atoms. The average Bonchev–Trinajstić information content (AvgIpc) is 2.22. The molecule has 2 atom stereocenters. The molecule has 0 aliphatic heterocycles. The molecule has 0 spiro atoms. The molecule has 4 heteroatoms. The molecule has 2 N–H and O–H groups in total. The first-order valence-corrected chi connectivity index (χ1v) is 6.12. The highest BCUT2D eigenvalue weighted by Crippen LogP contribution is 2.25. The second kappa shape index (κ2) is 6.45. The van der Waals surface area contributed by atoms with E-state index in [0.717, 1.165) is 12.0 Å². The standard InChI is InChI=1S/C12H17Cl2NO/c1-8(5-6-16)15-9(2)10-3-4-11(13)12(14)7-10/h3-4,7-9,15-16H,5-6H2,1-2H3/t8-,9?/m1/s1. The number of aliphatic hydroxyl groups excluding tert-OH is 1. The summed E-state index contributed by atoms with van der Waals surface area (Å²) >= 11 is 11.8. The quantitative estimate of drug-likeness (QED) is 0.852. The third-order valence-electron chi connectivity index (χ3n) is 2.54. The molecule has 1 aromatic rings. The third-order valence-corrected chi connectivity index (χ3v) is 3.28. The van der Waals surface area contributed by atoms with E-state index in [4.69, 9.17) is 28.3 Å². The Balaban J connectivity index is 2.65. The van der Waals surface area contributed by atoms with Gasteiger partial charge in [0.05, 0.1) is 10.0 Å². The van der Waals surface area contributed by atoms with Crippen molar-refractivity contribution in [3.63, 3.8) is 0 Å². The number of rotatable bonds is 5. The van der Waals surface area contributed by atoms with Crippen LogP contribution >= 0.6 is 23.2 Å². The SMILES string of the molecule is CC(N[C@H](C)CCO)c1ccc(Cl)c(Cl)c1. The van der Waals surface area contributed by atoms with Crippen molar-refractivity contribution in [1.29, 1.82) is 0 Å². The maximum Gasteiger partial charge on any atom is 0.0595 e. The van der Waals surface area contributed by atoms with E-state index in [1.165, 1.54) is 0 Å². The van der Waals surface area contributed by atoms with Gasteiger partial charge in [0, 0.05) is 18.7 Å². The van der Waals surface area contributed by atoms with Crippen LogP contribution in [0.5, 0.6) is 0 Å².